The molecule has 0 amide bonds. The molecule has 0 fully saturated rings. The van der Waals surface area contributed by atoms with Crippen LogP contribution in [-0.4, -0.2) is 20.6 Å². The minimum Gasteiger partial charge on any atom is -0.457 e. The van der Waals surface area contributed by atoms with Crippen molar-refractivity contribution in [2.45, 2.75) is 18.4 Å². The topological polar surface area (TPSA) is 84.2 Å². The molecule has 0 atom stereocenters. The summed E-state index contributed by atoms with van der Waals surface area (Å²) in [4.78, 5) is 12.3. The molecule has 0 spiro atoms. The molecule has 118 valence electrons. The normalized spacial score (nSPS) is 10.8. The molecule has 5 nitrogen and oxygen atoms in total. The number of hydrogen-bond acceptors (Lipinski definition) is 5. The molecule has 0 N–H and O–H groups in total. The van der Waals surface area contributed by atoms with Crippen LogP contribution in [0.25, 0.3) is 0 Å². The monoisotopic (exact) mass is 329 g/mol. The van der Waals surface area contributed by atoms with E-state index in [4.69, 9.17) is 10.00 Å². The van der Waals surface area contributed by atoms with Crippen LogP contribution in [0, 0.1) is 18.3 Å². The molecule has 0 aliphatic carbocycles. The SMILES string of the molecule is Cc1ccc(S(C)(=O)=O)cc1C(=O)OCc1cccc(C#N)c1. The number of nitrogens with zero attached hydrogens (tertiary/aromatic N) is 1. The zero-order valence-electron chi connectivity index (χ0n) is 12.7. The lowest BCUT2D eigenvalue weighted by atomic mass is 10.1. The molecule has 0 bridgehead atoms. The Morgan fingerprint density at radius 1 is 1.22 bits per heavy atom. The number of aryl methyl sites for hydroxylation is 1. The lowest BCUT2D eigenvalue weighted by Gasteiger charge is -2.09. The van der Waals surface area contributed by atoms with Crippen molar-refractivity contribution >= 4 is 15.8 Å². The molecule has 6 heteroatoms. The van der Waals surface area contributed by atoms with Crippen LogP contribution in [0.15, 0.2) is 47.4 Å². The molecule has 2 aromatic rings. The van der Waals surface area contributed by atoms with Crippen LogP contribution in [0.5, 0.6) is 0 Å². The maximum atomic E-state index is 12.2. The maximum Gasteiger partial charge on any atom is 0.338 e. The van der Waals surface area contributed by atoms with Crippen LogP contribution in [0.2, 0.25) is 0 Å². The Labute approximate surface area is 135 Å². The number of rotatable bonds is 4. The van der Waals surface area contributed by atoms with Crippen LogP contribution in [0.3, 0.4) is 0 Å². The number of sulfone groups is 1. The van der Waals surface area contributed by atoms with Gasteiger partial charge in [-0.05, 0) is 42.3 Å². The zero-order valence-corrected chi connectivity index (χ0v) is 13.6. The van der Waals surface area contributed by atoms with E-state index in [2.05, 4.69) is 0 Å². The first-order valence-electron chi connectivity index (χ1n) is 6.78. The van der Waals surface area contributed by atoms with E-state index in [9.17, 15) is 13.2 Å². The van der Waals surface area contributed by atoms with Gasteiger partial charge in [-0.15, -0.1) is 0 Å². The summed E-state index contributed by atoms with van der Waals surface area (Å²) in [5.74, 6) is -0.602. The molecular formula is C17H15NO4S. The molecule has 0 aliphatic rings. The van der Waals surface area contributed by atoms with Crippen LogP contribution < -0.4 is 0 Å². The van der Waals surface area contributed by atoms with Gasteiger partial charge < -0.3 is 4.74 Å². The predicted molar refractivity (Wildman–Crippen MR) is 84.6 cm³/mol. The summed E-state index contributed by atoms with van der Waals surface area (Å²) in [6.45, 7) is 1.72. The second-order valence-electron chi connectivity index (χ2n) is 5.14. The number of hydrogen-bond donors (Lipinski definition) is 0. The molecule has 0 saturated carbocycles. The first-order valence-corrected chi connectivity index (χ1v) is 8.67. The quantitative estimate of drug-likeness (QED) is 0.805. The molecule has 23 heavy (non-hydrogen) atoms. The minimum atomic E-state index is -3.40. The Hall–Kier alpha value is -2.65. The first-order chi connectivity index (χ1) is 10.8. The van der Waals surface area contributed by atoms with Gasteiger partial charge in [0, 0.05) is 6.26 Å². The molecule has 0 saturated heterocycles. The third-order valence-corrected chi connectivity index (χ3v) is 4.39. The Bertz CT molecular complexity index is 895. The predicted octanol–water partition coefficient (Wildman–Crippen LogP) is 2.63. The van der Waals surface area contributed by atoms with Gasteiger partial charge in [0.25, 0.3) is 0 Å². The summed E-state index contributed by atoms with van der Waals surface area (Å²) in [6.07, 6.45) is 1.08. The van der Waals surface area contributed by atoms with Crippen LogP contribution in [0.4, 0.5) is 0 Å². The number of nitriles is 1. The standard InChI is InChI=1S/C17H15NO4S/c1-12-6-7-15(23(2,20)21)9-16(12)17(19)22-11-14-5-3-4-13(8-14)10-18/h3-9H,11H2,1-2H3. The first kappa shape index (κ1) is 16.7. The molecule has 2 aromatic carbocycles. The van der Waals surface area contributed by atoms with Crippen molar-refractivity contribution in [3.63, 3.8) is 0 Å². The van der Waals surface area contributed by atoms with E-state index in [0.29, 0.717) is 16.7 Å². The van der Waals surface area contributed by atoms with Gasteiger partial charge >= 0.3 is 5.97 Å². The Kier molecular flexibility index (Phi) is 4.82. The van der Waals surface area contributed by atoms with E-state index in [1.807, 2.05) is 6.07 Å². The number of esters is 1. The summed E-state index contributed by atoms with van der Waals surface area (Å²) < 4.78 is 28.4. The van der Waals surface area contributed by atoms with Gasteiger partial charge in [-0.1, -0.05) is 18.2 Å². The molecule has 0 aromatic heterocycles. The highest BCUT2D eigenvalue weighted by atomic mass is 32.2. The largest absolute Gasteiger partial charge is 0.457 e. The second kappa shape index (κ2) is 6.63. The van der Waals surface area contributed by atoms with Gasteiger partial charge in [0.2, 0.25) is 0 Å². The molecule has 0 radical (unpaired) electrons. The Morgan fingerprint density at radius 3 is 2.61 bits per heavy atom. The third-order valence-electron chi connectivity index (χ3n) is 3.28. The highest BCUT2D eigenvalue weighted by molar-refractivity contribution is 7.90. The van der Waals surface area contributed by atoms with Crippen LogP contribution in [-0.2, 0) is 21.2 Å². The van der Waals surface area contributed by atoms with Crippen molar-refractivity contribution in [3.05, 3.63) is 64.7 Å². The molecular weight excluding hydrogens is 314 g/mol. The van der Waals surface area contributed by atoms with Crippen molar-refractivity contribution in [2.24, 2.45) is 0 Å². The zero-order chi connectivity index (χ0) is 17.0. The number of carbonyl (C=O) groups is 1. The smallest absolute Gasteiger partial charge is 0.338 e. The van der Waals surface area contributed by atoms with Gasteiger partial charge in [0.1, 0.15) is 6.61 Å². The second-order valence-corrected chi connectivity index (χ2v) is 7.15. The number of benzene rings is 2. The van der Waals surface area contributed by atoms with Crippen molar-refractivity contribution in [1.29, 1.82) is 5.26 Å². The Balaban J connectivity index is 2.19. The van der Waals surface area contributed by atoms with E-state index in [1.54, 1.807) is 37.3 Å². The summed E-state index contributed by atoms with van der Waals surface area (Å²) >= 11 is 0. The third kappa shape index (κ3) is 4.18. The van der Waals surface area contributed by atoms with Crippen LogP contribution >= 0.6 is 0 Å². The number of carbonyl (C=O) groups excluding carboxylic acids is 1. The van der Waals surface area contributed by atoms with Crippen LogP contribution in [0.1, 0.15) is 27.0 Å². The molecule has 0 aliphatic heterocycles. The van der Waals surface area contributed by atoms with Crippen molar-refractivity contribution < 1.29 is 17.9 Å². The average molecular weight is 329 g/mol. The highest BCUT2D eigenvalue weighted by Gasteiger charge is 2.15. The van der Waals surface area contributed by atoms with Gasteiger partial charge in [0.05, 0.1) is 22.1 Å². The van der Waals surface area contributed by atoms with Crippen molar-refractivity contribution in [1.82, 2.24) is 0 Å². The van der Waals surface area contributed by atoms with Gasteiger partial charge in [-0.3, -0.25) is 0 Å². The van der Waals surface area contributed by atoms with Crippen molar-refractivity contribution in [3.8, 4) is 6.07 Å². The van der Waals surface area contributed by atoms with E-state index in [1.165, 1.54) is 12.1 Å². The van der Waals surface area contributed by atoms with Gasteiger partial charge in [0.15, 0.2) is 9.84 Å². The fraction of sp³-hybridized carbons (Fsp3) is 0.176. The molecule has 2 rings (SSSR count). The summed E-state index contributed by atoms with van der Waals surface area (Å²) in [5, 5.41) is 8.85. The minimum absolute atomic E-state index is 0.0108. The van der Waals surface area contributed by atoms with Gasteiger partial charge in [-0.2, -0.15) is 5.26 Å². The molecule has 0 heterocycles. The lowest BCUT2D eigenvalue weighted by molar-refractivity contribution is 0.0471. The van der Waals surface area contributed by atoms with E-state index >= 15 is 0 Å². The number of ether oxygens (including phenoxy) is 1. The summed E-state index contributed by atoms with van der Waals surface area (Å²) in [6, 6.07) is 13.1. The summed E-state index contributed by atoms with van der Waals surface area (Å²) in [5.41, 5.74) is 2.01. The summed E-state index contributed by atoms with van der Waals surface area (Å²) in [7, 11) is -3.40. The Morgan fingerprint density at radius 2 is 1.96 bits per heavy atom. The lowest BCUT2D eigenvalue weighted by Crippen LogP contribution is -2.09. The average Bonchev–Trinajstić information content (AvgIpc) is 2.52. The fourth-order valence-electron chi connectivity index (χ4n) is 2.01. The van der Waals surface area contributed by atoms with E-state index in [0.717, 1.165) is 6.26 Å². The maximum absolute atomic E-state index is 12.2. The fourth-order valence-corrected chi connectivity index (χ4v) is 2.66. The van der Waals surface area contributed by atoms with E-state index < -0.39 is 15.8 Å². The molecule has 0 unspecified atom stereocenters. The highest BCUT2D eigenvalue weighted by Crippen LogP contribution is 2.17. The van der Waals surface area contributed by atoms with E-state index in [-0.39, 0.29) is 17.1 Å². The van der Waals surface area contributed by atoms with Gasteiger partial charge in [-0.25, -0.2) is 13.2 Å². The van der Waals surface area contributed by atoms with Crippen molar-refractivity contribution in [2.75, 3.05) is 6.26 Å².